The number of amidine groups is 1. The van der Waals surface area contributed by atoms with Crippen molar-refractivity contribution in [1.29, 1.82) is 0 Å². The van der Waals surface area contributed by atoms with E-state index in [4.69, 9.17) is 18.7 Å². The van der Waals surface area contributed by atoms with Crippen LogP contribution in [-0.2, 0) is 26.1 Å². The number of ether oxygens (including phenoxy) is 1. The Kier molecular flexibility index (Phi) is 8.34. The Morgan fingerprint density at radius 3 is 2.51 bits per heavy atom. The number of hydrogen-bond acceptors (Lipinski definition) is 8. The maximum atomic E-state index is 14.3. The molecule has 4 aromatic rings. The Morgan fingerprint density at radius 2 is 1.82 bits per heavy atom. The first-order valence-electron chi connectivity index (χ1n) is 15.6. The van der Waals surface area contributed by atoms with Crippen molar-refractivity contribution in [1.82, 2.24) is 10.1 Å². The molecule has 45 heavy (non-hydrogen) atoms. The van der Waals surface area contributed by atoms with E-state index in [1.165, 1.54) is 7.11 Å². The number of carbonyl (C=O) groups is 1. The van der Waals surface area contributed by atoms with Crippen LogP contribution in [-0.4, -0.2) is 49.6 Å². The van der Waals surface area contributed by atoms with E-state index in [1.54, 1.807) is 38.1 Å². The van der Waals surface area contributed by atoms with Gasteiger partial charge in [-0.3, -0.25) is 14.7 Å². The summed E-state index contributed by atoms with van der Waals surface area (Å²) < 4.78 is 46.5. The van der Waals surface area contributed by atoms with E-state index in [0.717, 1.165) is 66.0 Å². The predicted octanol–water partition coefficient (Wildman–Crippen LogP) is 7.06. The first-order chi connectivity index (χ1) is 21.6. The number of aryl methyl sites for hydroxylation is 2. The lowest BCUT2D eigenvalue weighted by atomic mass is 9.97. The molecule has 0 N–H and O–H groups in total. The Balaban J connectivity index is 1.42. The number of anilines is 1. The molecule has 0 radical (unpaired) electrons. The molecule has 1 aliphatic heterocycles. The minimum atomic E-state index is -4.16. The molecule has 1 aliphatic carbocycles. The molecule has 2 aliphatic rings. The molecule has 6 rings (SSSR count). The second-order valence-corrected chi connectivity index (χ2v) is 13.9. The highest BCUT2D eigenvalue weighted by Gasteiger charge is 2.49. The molecule has 238 valence electrons. The lowest BCUT2D eigenvalue weighted by Gasteiger charge is -2.24. The van der Waals surface area contributed by atoms with Gasteiger partial charge in [-0.25, -0.2) is 12.7 Å². The van der Waals surface area contributed by atoms with Crippen LogP contribution < -0.4 is 4.31 Å². The second kappa shape index (κ2) is 12.1. The highest BCUT2D eigenvalue weighted by molar-refractivity contribution is 7.93. The van der Waals surface area contributed by atoms with Crippen LogP contribution in [0.3, 0.4) is 0 Å². The number of fused-ring (bicyclic) bond motifs is 1. The molecular weight excluding hydrogens is 592 g/mol. The number of aliphatic imine (C=N–C) groups is 1. The highest BCUT2D eigenvalue weighted by Crippen LogP contribution is 2.42. The van der Waals surface area contributed by atoms with Gasteiger partial charge in [0.15, 0.2) is 5.82 Å². The number of sulfonamides is 1. The number of unbranched alkanes of at least 4 members (excludes halogenated alkanes) is 1. The van der Waals surface area contributed by atoms with Crippen LogP contribution in [0.1, 0.15) is 74.5 Å². The predicted molar refractivity (Wildman–Crippen MR) is 173 cm³/mol. The zero-order valence-corrected chi connectivity index (χ0v) is 27.4. The molecule has 10 nitrogen and oxygen atoms in total. The summed E-state index contributed by atoms with van der Waals surface area (Å²) in [5, 5.41) is 4.87. The first-order valence-corrected chi connectivity index (χ1v) is 17.0. The fraction of sp³-hybridized carbons (Fsp3) is 0.441. The van der Waals surface area contributed by atoms with Crippen molar-refractivity contribution in [3.63, 3.8) is 0 Å². The normalized spacial score (nSPS) is 16.3. The van der Waals surface area contributed by atoms with Gasteiger partial charge in [0.1, 0.15) is 35.2 Å². The number of amides is 1. The molecule has 1 spiro atoms. The summed E-state index contributed by atoms with van der Waals surface area (Å²) in [5.74, 6) is 2.35. The quantitative estimate of drug-likeness (QED) is 0.163. The third-order valence-corrected chi connectivity index (χ3v) is 10.8. The fourth-order valence-electron chi connectivity index (χ4n) is 6.55. The van der Waals surface area contributed by atoms with Gasteiger partial charge in [0.05, 0.1) is 11.4 Å². The minimum Gasteiger partial charge on any atom is -0.461 e. The Hall–Kier alpha value is -3.96. The topological polar surface area (TPSA) is 118 Å². The van der Waals surface area contributed by atoms with Gasteiger partial charge in [0, 0.05) is 35.6 Å². The number of methoxy groups -OCH3 is 1. The van der Waals surface area contributed by atoms with Crippen molar-refractivity contribution in [3.05, 3.63) is 65.1 Å². The van der Waals surface area contributed by atoms with Crippen molar-refractivity contribution in [2.75, 3.05) is 18.1 Å². The zero-order chi connectivity index (χ0) is 31.9. The van der Waals surface area contributed by atoms with E-state index in [1.807, 2.05) is 30.0 Å². The lowest BCUT2D eigenvalue weighted by Crippen LogP contribution is -2.40. The Morgan fingerprint density at radius 1 is 1.07 bits per heavy atom. The number of rotatable bonds is 11. The Labute approximate surface area is 264 Å². The molecule has 0 unspecified atom stereocenters. The molecule has 0 atom stereocenters. The van der Waals surface area contributed by atoms with Crippen LogP contribution >= 0.6 is 0 Å². The van der Waals surface area contributed by atoms with E-state index < -0.39 is 15.6 Å². The number of furan rings is 1. The molecule has 2 aromatic carbocycles. The molecule has 11 heteroatoms. The summed E-state index contributed by atoms with van der Waals surface area (Å²) in [7, 11) is -2.72. The van der Waals surface area contributed by atoms with E-state index >= 15 is 0 Å². The third kappa shape index (κ3) is 5.35. The summed E-state index contributed by atoms with van der Waals surface area (Å²) in [6.45, 7) is 7.64. The number of aromatic nitrogens is 1. The standard InChI is InChI=1S/C34H40N4O6S/c1-6-7-14-30-35-34(17-10-11-18-34)33(39)37(30)20-25-15-16-27(31-28(25)19-22(2)43-31)26-12-8-9-13-29(26)45(40,41)38(21-42-5)32-23(3)24(4)44-36-32/h8-9,12-13,15-16,19H,6-7,10-11,14,17-18,20-21H2,1-5H3. The molecule has 0 bridgehead atoms. The molecular formula is C34H40N4O6S. The Bertz CT molecular complexity index is 1880. The summed E-state index contributed by atoms with van der Waals surface area (Å²) >= 11 is 0. The van der Waals surface area contributed by atoms with Crippen molar-refractivity contribution in [2.24, 2.45) is 4.99 Å². The number of hydrogen-bond donors (Lipinski definition) is 0. The lowest BCUT2D eigenvalue weighted by molar-refractivity contribution is -0.131. The van der Waals surface area contributed by atoms with Crippen LogP contribution in [0.25, 0.3) is 22.1 Å². The van der Waals surface area contributed by atoms with Gasteiger partial charge >= 0.3 is 0 Å². The molecule has 1 amide bonds. The van der Waals surface area contributed by atoms with Crippen molar-refractivity contribution >= 4 is 38.6 Å². The van der Waals surface area contributed by atoms with E-state index in [-0.39, 0.29) is 23.4 Å². The summed E-state index contributed by atoms with van der Waals surface area (Å²) in [6, 6.07) is 12.7. The zero-order valence-electron chi connectivity index (χ0n) is 26.6. The first kappa shape index (κ1) is 31.0. The van der Waals surface area contributed by atoms with Crippen LogP contribution in [0.2, 0.25) is 0 Å². The van der Waals surface area contributed by atoms with Gasteiger partial charge in [0.2, 0.25) is 0 Å². The maximum absolute atomic E-state index is 14.3. The van der Waals surface area contributed by atoms with Crippen LogP contribution in [0.15, 0.2) is 61.3 Å². The smallest absolute Gasteiger partial charge is 0.268 e. The van der Waals surface area contributed by atoms with Crippen molar-refractivity contribution in [3.8, 4) is 11.1 Å². The summed E-state index contributed by atoms with van der Waals surface area (Å²) in [5.41, 5.74) is 2.60. The number of nitrogens with zero attached hydrogens (tertiary/aromatic N) is 4. The monoisotopic (exact) mass is 632 g/mol. The molecule has 1 fully saturated rings. The van der Waals surface area contributed by atoms with Gasteiger partial charge in [-0.05, 0) is 57.7 Å². The van der Waals surface area contributed by atoms with Crippen molar-refractivity contribution < 1.29 is 26.9 Å². The van der Waals surface area contributed by atoms with Crippen LogP contribution in [0.5, 0.6) is 0 Å². The van der Waals surface area contributed by atoms with Gasteiger partial charge in [0.25, 0.3) is 15.9 Å². The van der Waals surface area contributed by atoms with E-state index in [2.05, 4.69) is 12.1 Å². The van der Waals surface area contributed by atoms with Crippen LogP contribution in [0.4, 0.5) is 5.82 Å². The number of benzene rings is 2. The van der Waals surface area contributed by atoms with Crippen molar-refractivity contribution in [2.45, 2.75) is 89.6 Å². The second-order valence-electron chi connectivity index (χ2n) is 12.1. The molecule has 3 heterocycles. The van der Waals surface area contributed by atoms with Crippen LogP contribution in [0, 0.1) is 20.8 Å². The van der Waals surface area contributed by atoms with Gasteiger partial charge in [-0.2, -0.15) is 0 Å². The SMILES string of the molecule is CCCCC1=NC2(CCCC2)C(=O)N1Cc1ccc(-c2ccccc2S(=O)(=O)N(COC)c2noc(C)c2C)c2oc(C)cc12. The maximum Gasteiger partial charge on any atom is 0.268 e. The largest absolute Gasteiger partial charge is 0.461 e. The average molecular weight is 633 g/mol. The summed E-state index contributed by atoms with van der Waals surface area (Å²) in [4.78, 5) is 20.8. The highest BCUT2D eigenvalue weighted by atomic mass is 32.2. The van der Waals surface area contributed by atoms with Gasteiger partial charge in [-0.15, -0.1) is 0 Å². The summed E-state index contributed by atoms with van der Waals surface area (Å²) in [6.07, 6.45) is 6.40. The van der Waals surface area contributed by atoms with Gasteiger partial charge < -0.3 is 13.7 Å². The molecule has 1 saturated carbocycles. The average Bonchev–Trinajstić information content (AvgIpc) is 3.80. The van der Waals surface area contributed by atoms with E-state index in [0.29, 0.717) is 40.3 Å². The molecule has 2 aromatic heterocycles. The number of carbonyl (C=O) groups excluding carboxylic acids is 1. The van der Waals surface area contributed by atoms with Gasteiger partial charge in [-0.1, -0.05) is 61.7 Å². The minimum absolute atomic E-state index is 0.0806. The fourth-order valence-corrected chi connectivity index (χ4v) is 8.14. The van der Waals surface area contributed by atoms with E-state index in [9.17, 15) is 13.2 Å². The third-order valence-electron chi connectivity index (χ3n) is 9.07. The molecule has 0 saturated heterocycles.